The fourth-order valence-electron chi connectivity index (χ4n) is 2.98. The van der Waals surface area contributed by atoms with E-state index in [1.807, 2.05) is 35.9 Å². The number of fused-ring (bicyclic) bond motifs is 1. The largest absolute Gasteiger partial charge is 0.350 e. The molecule has 0 radical (unpaired) electrons. The highest BCUT2D eigenvalue weighted by Crippen LogP contribution is 2.16. The van der Waals surface area contributed by atoms with E-state index >= 15 is 0 Å². The molecular formula is C16H23ClN4O. The van der Waals surface area contributed by atoms with E-state index in [1.54, 1.807) is 0 Å². The molecule has 3 rings (SSSR count). The Bertz CT molecular complexity index is 655. The highest BCUT2D eigenvalue weighted by Gasteiger charge is 2.24. The van der Waals surface area contributed by atoms with Gasteiger partial charge in [0.25, 0.3) is 0 Å². The first-order valence-corrected chi connectivity index (χ1v) is 7.58. The van der Waals surface area contributed by atoms with E-state index in [9.17, 15) is 4.79 Å². The molecule has 0 unspecified atom stereocenters. The molecule has 0 aromatic carbocycles. The predicted octanol–water partition coefficient (Wildman–Crippen LogP) is 2.07. The first-order valence-electron chi connectivity index (χ1n) is 7.58. The van der Waals surface area contributed by atoms with Crippen molar-refractivity contribution in [2.24, 2.45) is 5.92 Å². The number of nitrogens with one attached hydrogen (secondary N) is 2. The van der Waals surface area contributed by atoms with Gasteiger partial charge in [-0.05, 0) is 44.9 Å². The number of hydrogen-bond donors (Lipinski definition) is 2. The minimum atomic E-state index is 0. The van der Waals surface area contributed by atoms with Crippen LogP contribution in [0.3, 0.4) is 0 Å². The van der Waals surface area contributed by atoms with Crippen molar-refractivity contribution in [1.82, 2.24) is 20.0 Å². The van der Waals surface area contributed by atoms with Crippen molar-refractivity contribution in [2.45, 2.75) is 39.3 Å². The van der Waals surface area contributed by atoms with Crippen LogP contribution in [0.5, 0.6) is 0 Å². The third kappa shape index (κ3) is 3.59. The second kappa shape index (κ2) is 7.11. The van der Waals surface area contributed by atoms with Gasteiger partial charge in [0, 0.05) is 24.4 Å². The molecule has 2 aromatic rings. The van der Waals surface area contributed by atoms with Crippen molar-refractivity contribution in [3.63, 3.8) is 0 Å². The quantitative estimate of drug-likeness (QED) is 0.909. The summed E-state index contributed by atoms with van der Waals surface area (Å²) in [6.45, 7) is 5.59. The van der Waals surface area contributed by atoms with Crippen LogP contribution in [0.2, 0.25) is 0 Å². The molecule has 2 N–H and O–H groups in total. The van der Waals surface area contributed by atoms with Crippen LogP contribution in [0.15, 0.2) is 24.5 Å². The second-order valence-electron chi connectivity index (χ2n) is 5.95. The zero-order valence-corrected chi connectivity index (χ0v) is 13.8. The van der Waals surface area contributed by atoms with Crippen LogP contribution in [0.1, 0.15) is 31.0 Å². The number of carbonyl (C=O) groups is 1. The maximum Gasteiger partial charge on any atom is 0.223 e. The van der Waals surface area contributed by atoms with Gasteiger partial charge in [0.1, 0.15) is 5.65 Å². The van der Waals surface area contributed by atoms with Crippen LogP contribution in [0, 0.1) is 12.8 Å². The summed E-state index contributed by atoms with van der Waals surface area (Å²) in [7, 11) is 0. The lowest BCUT2D eigenvalue weighted by atomic mass is 9.92. The zero-order valence-electron chi connectivity index (χ0n) is 13.0. The molecule has 0 spiro atoms. The van der Waals surface area contributed by atoms with Crippen molar-refractivity contribution >= 4 is 24.0 Å². The van der Waals surface area contributed by atoms with E-state index in [0.29, 0.717) is 12.6 Å². The minimum absolute atomic E-state index is 0. The lowest BCUT2D eigenvalue weighted by molar-refractivity contribution is -0.126. The average Bonchev–Trinajstić information content (AvgIpc) is 2.89. The van der Waals surface area contributed by atoms with Crippen molar-refractivity contribution in [1.29, 1.82) is 0 Å². The first kappa shape index (κ1) is 16.8. The van der Waals surface area contributed by atoms with Gasteiger partial charge in [-0.3, -0.25) is 4.79 Å². The Morgan fingerprint density at radius 3 is 3.09 bits per heavy atom. The maximum absolute atomic E-state index is 12.2. The van der Waals surface area contributed by atoms with Crippen LogP contribution in [-0.2, 0) is 11.3 Å². The number of amides is 1. The van der Waals surface area contributed by atoms with Gasteiger partial charge in [0.05, 0.1) is 12.2 Å². The van der Waals surface area contributed by atoms with Gasteiger partial charge in [-0.15, -0.1) is 12.4 Å². The Morgan fingerprint density at radius 2 is 2.36 bits per heavy atom. The number of halogens is 1. The molecule has 0 saturated carbocycles. The number of carbonyl (C=O) groups excluding carboxylic acids is 1. The van der Waals surface area contributed by atoms with Gasteiger partial charge in [0.15, 0.2) is 0 Å². The molecule has 3 heterocycles. The lowest BCUT2D eigenvalue weighted by Gasteiger charge is -2.26. The third-order valence-electron chi connectivity index (χ3n) is 4.17. The standard InChI is InChI=1S/C16H22N4O.ClH/c1-11-4-3-7-20-10-14(19-15(11)20)9-18-16(21)13-5-6-17-12(2)8-13;/h3-4,7,10,12-13,17H,5-6,8-9H2,1-2H3,(H,18,21);1H/t12-,13-;/m0./s1. The number of aromatic nitrogens is 2. The molecule has 120 valence electrons. The van der Waals surface area contributed by atoms with Gasteiger partial charge < -0.3 is 15.0 Å². The lowest BCUT2D eigenvalue weighted by Crippen LogP contribution is -2.42. The van der Waals surface area contributed by atoms with E-state index in [1.165, 1.54) is 0 Å². The normalized spacial score (nSPS) is 21.4. The van der Waals surface area contributed by atoms with Crippen LogP contribution in [0.4, 0.5) is 0 Å². The summed E-state index contributed by atoms with van der Waals surface area (Å²) in [5.74, 6) is 0.275. The fourth-order valence-corrected chi connectivity index (χ4v) is 2.98. The van der Waals surface area contributed by atoms with Crippen LogP contribution < -0.4 is 10.6 Å². The summed E-state index contributed by atoms with van der Waals surface area (Å²) in [5, 5.41) is 6.40. The van der Waals surface area contributed by atoms with Gasteiger partial charge in [-0.25, -0.2) is 4.98 Å². The Morgan fingerprint density at radius 1 is 1.55 bits per heavy atom. The van der Waals surface area contributed by atoms with E-state index < -0.39 is 0 Å². The van der Waals surface area contributed by atoms with E-state index in [4.69, 9.17) is 0 Å². The van der Waals surface area contributed by atoms with Gasteiger partial charge in [0.2, 0.25) is 5.91 Å². The number of hydrogen-bond acceptors (Lipinski definition) is 3. The maximum atomic E-state index is 12.2. The van der Waals surface area contributed by atoms with E-state index in [2.05, 4.69) is 22.5 Å². The smallest absolute Gasteiger partial charge is 0.223 e. The molecule has 0 bridgehead atoms. The van der Waals surface area contributed by atoms with Crippen LogP contribution >= 0.6 is 12.4 Å². The summed E-state index contributed by atoms with van der Waals surface area (Å²) >= 11 is 0. The molecule has 22 heavy (non-hydrogen) atoms. The molecule has 1 aliphatic heterocycles. The van der Waals surface area contributed by atoms with Gasteiger partial charge >= 0.3 is 0 Å². The Labute approximate surface area is 136 Å². The summed E-state index contributed by atoms with van der Waals surface area (Å²) in [5.41, 5.74) is 3.00. The number of nitrogens with zero attached hydrogens (tertiary/aromatic N) is 2. The highest BCUT2D eigenvalue weighted by molar-refractivity contribution is 5.85. The van der Waals surface area contributed by atoms with Gasteiger partial charge in [-0.1, -0.05) is 6.07 Å². The first-order chi connectivity index (χ1) is 10.1. The van der Waals surface area contributed by atoms with Crippen molar-refractivity contribution in [2.75, 3.05) is 6.54 Å². The SMILES string of the molecule is Cc1cccn2cc(CNC(=O)[C@H]3CCN[C@@H](C)C3)nc12.Cl. The molecule has 5 nitrogen and oxygen atoms in total. The predicted molar refractivity (Wildman–Crippen MR) is 89.2 cm³/mol. The molecule has 0 aliphatic carbocycles. The van der Waals surface area contributed by atoms with Gasteiger partial charge in [-0.2, -0.15) is 0 Å². The molecular weight excluding hydrogens is 300 g/mol. The molecule has 1 aliphatic rings. The number of aryl methyl sites for hydroxylation is 1. The molecule has 1 fully saturated rings. The minimum Gasteiger partial charge on any atom is -0.350 e. The monoisotopic (exact) mass is 322 g/mol. The average molecular weight is 323 g/mol. The van der Waals surface area contributed by atoms with E-state index in [-0.39, 0.29) is 24.2 Å². The van der Waals surface area contributed by atoms with Crippen molar-refractivity contribution in [3.8, 4) is 0 Å². The Hall–Kier alpha value is -1.59. The summed E-state index contributed by atoms with van der Waals surface area (Å²) in [6.07, 6.45) is 5.79. The molecule has 1 amide bonds. The summed E-state index contributed by atoms with van der Waals surface area (Å²) < 4.78 is 2.00. The van der Waals surface area contributed by atoms with Crippen molar-refractivity contribution in [3.05, 3.63) is 35.8 Å². The molecule has 6 heteroatoms. The summed E-state index contributed by atoms with van der Waals surface area (Å²) in [4.78, 5) is 16.8. The van der Waals surface area contributed by atoms with Crippen molar-refractivity contribution < 1.29 is 4.79 Å². The third-order valence-corrected chi connectivity index (χ3v) is 4.17. The van der Waals surface area contributed by atoms with Crippen LogP contribution in [-0.4, -0.2) is 27.9 Å². The number of pyridine rings is 1. The zero-order chi connectivity index (χ0) is 14.8. The van der Waals surface area contributed by atoms with E-state index in [0.717, 1.165) is 36.3 Å². The second-order valence-corrected chi connectivity index (χ2v) is 5.95. The Kier molecular flexibility index (Phi) is 5.42. The number of piperidine rings is 1. The number of rotatable bonds is 3. The summed E-state index contributed by atoms with van der Waals surface area (Å²) in [6, 6.07) is 4.47. The highest BCUT2D eigenvalue weighted by atomic mass is 35.5. The fraction of sp³-hybridized carbons (Fsp3) is 0.500. The molecule has 2 aromatic heterocycles. The number of imidazole rings is 1. The Balaban J connectivity index is 0.00000176. The molecule has 2 atom stereocenters. The topological polar surface area (TPSA) is 58.4 Å². The van der Waals surface area contributed by atoms with Crippen LogP contribution in [0.25, 0.3) is 5.65 Å². The molecule has 1 saturated heterocycles.